The number of carbonyl (C=O) groups is 1. The summed E-state index contributed by atoms with van der Waals surface area (Å²) in [7, 11) is -3.43. The highest BCUT2D eigenvalue weighted by atomic mass is 32.2. The molecule has 2 saturated heterocycles. The topological polar surface area (TPSA) is 122 Å². The average Bonchev–Trinajstić information content (AvgIpc) is 3.44. The van der Waals surface area contributed by atoms with Crippen molar-refractivity contribution in [3.63, 3.8) is 0 Å². The minimum absolute atomic E-state index is 0.0478. The molecule has 2 aliphatic rings. The van der Waals surface area contributed by atoms with Crippen LogP contribution in [-0.2, 0) is 20.8 Å². The van der Waals surface area contributed by atoms with Gasteiger partial charge in [-0.1, -0.05) is 19.1 Å². The van der Waals surface area contributed by atoms with E-state index in [0.717, 1.165) is 24.4 Å². The Morgan fingerprint density at radius 1 is 1.11 bits per heavy atom. The van der Waals surface area contributed by atoms with Crippen LogP contribution in [0.15, 0.2) is 71.6 Å². The lowest BCUT2D eigenvalue weighted by Gasteiger charge is -2.37. The van der Waals surface area contributed by atoms with Gasteiger partial charge in [0.05, 0.1) is 42.6 Å². The summed E-state index contributed by atoms with van der Waals surface area (Å²) >= 11 is 0. The van der Waals surface area contributed by atoms with Crippen molar-refractivity contribution < 1.29 is 41.0 Å². The minimum atomic E-state index is -4.45. The molecule has 1 amide bonds. The highest BCUT2D eigenvalue weighted by Gasteiger charge is 2.37. The van der Waals surface area contributed by atoms with E-state index in [9.17, 15) is 31.5 Å². The van der Waals surface area contributed by atoms with Gasteiger partial charge in [-0.15, -0.1) is 0 Å². The third kappa shape index (κ3) is 7.91. The van der Waals surface area contributed by atoms with Gasteiger partial charge in [0.2, 0.25) is 5.91 Å². The Kier molecular flexibility index (Phi) is 10.5. The standard InChI is InChI=1S/C34H40F3N3O6S/c1-3-47(43,44)29-11-4-23(5-12-29)32(20-41)31-17-25(8-13-30(31)33(38)42)40-19-28(16-26(40)18-39-14-15-45-21-22(39)2)46-27-9-6-24(7-10-27)34(35,36)37/h4-13,17,22,26,28,32,41H,3,14-16,18-21H2,1-2H3,(H2,38,42)/t22-,26-,28+,32+/m0/s1. The number of aliphatic hydroxyl groups excluding tert-OH is 1. The third-order valence-electron chi connectivity index (χ3n) is 9.02. The molecule has 254 valence electrons. The molecular weight excluding hydrogens is 635 g/mol. The first-order chi connectivity index (χ1) is 22.3. The molecular formula is C34H40F3N3O6S. The molecule has 13 heteroatoms. The Morgan fingerprint density at radius 3 is 2.40 bits per heavy atom. The Balaban J connectivity index is 1.47. The van der Waals surface area contributed by atoms with Crippen LogP contribution in [0.4, 0.5) is 18.9 Å². The summed E-state index contributed by atoms with van der Waals surface area (Å²) in [6.07, 6.45) is -4.19. The maximum atomic E-state index is 13.1. The SMILES string of the molecule is CCS(=O)(=O)c1ccc([C@@H](CO)c2cc(N3C[C@H](Oc4ccc(C(F)(F)F)cc4)C[C@H]3CN3CCOC[C@@H]3C)ccc2C(N)=O)cc1. The Morgan fingerprint density at radius 2 is 1.81 bits per heavy atom. The van der Waals surface area contributed by atoms with Gasteiger partial charge in [0.1, 0.15) is 11.9 Å². The lowest BCUT2D eigenvalue weighted by atomic mass is 9.88. The molecule has 47 heavy (non-hydrogen) atoms. The first kappa shape index (κ1) is 34.7. The van der Waals surface area contributed by atoms with Crippen molar-refractivity contribution in [2.45, 2.75) is 55.4 Å². The number of sulfone groups is 1. The van der Waals surface area contributed by atoms with Crippen molar-refractivity contribution in [1.29, 1.82) is 0 Å². The lowest BCUT2D eigenvalue weighted by Crippen LogP contribution is -2.49. The maximum absolute atomic E-state index is 13.1. The predicted molar refractivity (Wildman–Crippen MR) is 172 cm³/mol. The summed E-state index contributed by atoms with van der Waals surface area (Å²) in [6, 6.07) is 16.3. The van der Waals surface area contributed by atoms with Crippen molar-refractivity contribution in [1.82, 2.24) is 4.90 Å². The van der Waals surface area contributed by atoms with E-state index in [4.69, 9.17) is 15.2 Å². The number of alkyl halides is 3. The van der Waals surface area contributed by atoms with E-state index in [1.807, 2.05) is 6.07 Å². The van der Waals surface area contributed by atoms with Gasteiger partial charge in [0.15, 0.2) is 9.84 Å². The molecule has 2 heterocycles. The summed E-state index contributed by atoms with van der Waals surface area (Å²) in [5.41, 5.74) is 7.13. The number of benzene rings is 3. The van der Waals surface area contributed by atoms with Gasteiger partial charge in [-0.2, -0.15) is 13.2 Å². The van der Waals surface area contributed by atoms with Gasteiger partial charge in [0, 0.05) is 48.8 Å². The largest absolute Gasteiger partial charge is 0.489 e. The third-order valence-corrected chi connectivity index (χ3v) is 10.8. The number of aliphatic hydroxyl groups is 1. The molecule has 9 nitrogen and oxygen atoms in total. The number of nitrogens with zero attached hydrogens (tertiary/aromatic N) is 2. The molecule has 3 aromatic carbocycles. The Hall–Kier alpha value is -3.65. The number of rotatable bonds is 11. The number of ether oxygens (including phenoxy) is 2. The fourth-order valence-electron chi connectivity index (χ4n) is 6.37. The zero-order valence-electron chi connectivity index (χ0n) is 26.3. The maximum Gasteiger partial charge on any atom is 0.416 e. The van der Waals surface area contributed by atoms with E-state index >= 15 is 0 Å². The Labute approximate surface area is 273 Å². The molecule has 0 radical (unpaired) electrons. The average molecular weight is 676 g/mol. The molecule has 0 aliphatic carbocycles. The number of morpholine rings is 1. The second-order valence-electron chi connectivity index (χ2n) is 12.1. The van der Waals surface area contributed by atoms with Crippen LogP contribution in [0.1, 0.15) is 53.2 Å². The molecule has 0 bridgehead atoms. The monoisotopic (exact) mass is 675 g/mol. The first-order valence-corrected chi connectivity index (χ1v) is 17.3. The van der Waals surface area contributed by atoms with E-state index in [2.05, 4.69) is 16.7 Å². The summed E-state index contributed by atoms with van der Waals surface area (Å²) < 4.78 is 75.9. The first-order valence-electron chi connectivity index (χ1n) is 15.6. The van der Waals surface area contributed by atoms with Crippen LogP contribution in [0.2, 0.25) is 0 Å². The lowest BCUT2D eigenvalue weighted by molar-refractivity contribution is -0.137. The predicted octanol–water partition coefficient (Wildman–Crippen LogP) is 4.47. The summed E-state index contributed by atoms with van der Waals surface area (Å²) in [6.45, 7) is 6.36. The van der Waals surface area contributed by atoms with Crippen molar-refractivity contribution >= 4 is 21.4 Å². The summed E-state index contributed by atoms with van der Waals surface area (Å²) in [4.78, 5) is 17.2. The zero-order chi connectivity index (χ0) is 33.9. The fraction of sp³-hybridized carbons (Fsp3) is 0.441. The van der Waals surface area contributed by atoms with Gasteiger partial charge in [-0.3, -0.25) is 9.69 Å². The minimum Gasteiger partial charge on any atom is -0.489 e. The van der Waals surface area contributed by atoms with Gasteiger partial charge in [0.25, 0.3) is 0 Å². The fourth-order valence-corrected chi connectivity index (χ4v) is 7.25. The number of carbonyl (C=O) groups excluding carboxylic acids is 1. The molecule has 4 atom stereocenters. The van der Waals surface area contributed by atoms with E-state index in [1.54, 1.807) is 31.2 Å². The smallest absolute Gasteiger partial charge is 0.416 e. The normalized spacial score (nSPS) is 21.5. The number of primary amides is 1. The van der Waals surface area contributed by atoms with Crippen LogP contribution in [0.5, 0.6) is 5.75 Å². The van der Waals surface area contributed by atoms with Crippen molar-refractivity contribution in [3.8, 4) is 5.75 Å². The van der Waals surface area contributed by atoms with E-state index in [1.165, 1.54) is 24.3 Å². The molecule has 3 aromatic rings. The quantitative estimate of drug-likeness (QED) is 0.306. The van der Waals surface area contributed by atoms with Crippen LogP contribution in [-0.4, -0.2) is 87.7 Å². The number of anilines is 1. The molecule has 0 aromatic heterocycles. The second-order valence-corrected chi connectivity index (χ2v) is 14.3. The van der Waals surface area contributed by atoms with Gasteiger partial charge >= 0.3 is 6.18 Å². The van der Waals surface area contributed by atoms with Crippen molar-refractivity contribution in [2.75, 3.05) is 50.1 Å². The van der Waals surface area contributed by atoms with Gasteiger partial charge in [-0.05, 0) is 72.6 Å². The molecule has 2 aliphatic heterocycles. The Bertz CT molecular complexity index is 1650. The van der Waals surface area contributed by atoms with E-state index in [0.29, 0.717) is 49.6 Å². The number of amides is 1. The molecule has 0 spiro atoms. The molecule has 0 unspecified atom stereocenters. The van der Waals surface area contributed by atoms with E-state index in [-0.39, 0.29) is 41.0 Å². The number of hydrogen-bond acceptors (Lipinski definition) is 8. The van der Waals surface area contributed by atoms with Gasteiger partial charge < -0.3 is 25.2 Å². The highest BCUT2D eigenvalue weighted by molar-refractivity contribution is 7.91. The second kappa shape index (κ2) is 14.2. The van der Waals surface area contributed by atoms with Crippen molar-refractivity contribution in [3.05, 3.63) is 89.0 Å². The number of nitrogens with two attached hydrogens (primary N) is 1. The summed E-state index contributed by atoms with van der Waals surface area (Å²) in [5.74, 6) is -1.05. The summed E-state index contributed by atoms with van der Waals surface area (Å²) in [5, 5.41) is 10.6. The van der Waals surface area contributed by atoms with Crippen LogP contribution < -0.4 is 15.4 Å². The van der Waals surface area contributed by atoms with Gasteiger partial charge in [-0.25, -0.2) is 8.42 Å². The molecule has 0 saturated carbocycles. The highest BCUT2D eigenvalue weighted by Crippen LogP contribution is 2.36. The van der Waals surface area contributed by atoms with Crippen molar-refractivity contribution in [2.24, 2.45) is 5.73 Å². The molecule has 5 rings (SSSR count). The molecule has 2 fully saturated rings. The molecule has 3 N–H and O–H groups in total. The van der Waals surface area contributed by atoms with E-state index < -0.39 is 33.4 Å². The zero-order valence-corrected chi connectivity index (χ0v) is 27.1. The van der Waals surface area contributed by atoms with Crippen LogP contribution >= 0.6 is 0 Å². The van der Waals surface area contributed by atoms with Crippen LogP contribution in [0.3, 0.4) is 0 Å². The van der Waals surface area contributed by atoms with Crippen LogP contribution in [0.25, 0.3) is 0 Å². The number of halogens is 3. The van der Waals surface area contributed by atoms with Crippen LogP contribution in [0, 0.1) is 0 Å². The number of hydrogen-bond donors (Lipinski definition) is 2.